The predicted molar refractivity (Wildman–Crippen MR) is 65.0 cm³/mol. The molecular formula is C14H21N. The van der Waals surface area contributed by atoms with E-state index in [-0.39, 0.29) is 0 Å². The number of nitrogens with two attached hydrogens (primary N) is 1. The van der Waals surface area contributed by atoms with Crippen LogP contribution in [0.2, 0.25) is 0 Å². The topological polar surface area (TPSA) is 26.0 Å². The molecule has 2 rings (SSSR count). The smallest absolute Gasteiger partial charge is 0.00132 e. The molecule has 1 heteroatoms. The van der Waals surface area contributed by atoms with Crippen LogP contribution in [-0.4, -0.2) is 6.04 Å². The number of aryl methyl sites for hydroxylation is 2. The van der Waals surface area contributed by atoms with Gasteiger partial charge in [0.2, 0.25) is 0 Å². The standard InChI is InChI=1S/C14H21N/c1-10-3-5-14-9-12(8-11(2)15)4-6-13(14)7-10/h3,5,7,11-12H,4,6,8-9,15H2,1-2H3. The molecule has 0 heterocycles. The minimum atomic E-state index is 0.349. The van der Waals surface area contributed by atoms with Crippen molar-refractivity contribution >= 4 is 0 Å². The third-order valence-electron chi connectivity index (χ3n) is 3.40. The summed E-state index contributed by atoms with van der Waals surface area (Å²) >= 11 is 0. The average molecular weight is 203 g/mol. The Hall–Kier alpha value is -0.820. The number of hydrogen-bond donors (Lipinski definition) is 1. The van der Waals surface area contributed by atoms with Crippen molar-refractivity contribution in [1.29, 1.82) is 0 Å². The van der Waals surface area contributed by atoms with Crippen LogP contribution in [0.3, 0.4) is 0 Å². The summed E-state index contributed by atoms with van der Waals surface area (Å²) in [6.45, 7) is 4.29. The van der Waals surface area contributed by atoms with E-state index in [9.17, 15) is 0 Å². The van der Waals surface area contributed by atoms with Gasteiger partial charge in [-0.2, -0.15) is 0 Å². The Morgan fingerprint density at radius 2 is 2.20 bits per heavy atom. The molecule has 2 unspecified atom stereocenters. The molecule has 2 atom stereocenters. The first-order valence-corrected chi connectivity index (χ1v) is 5.99. The lowest BCUT2D eigenvalue weighted by molar-refractivity contribution is 0.398. The summed E-state index contributed by atoms with van der Waals surface area (Å²) in [7, 11) is 0. The van der Waals surface area contributed by atoms with Gasteiger partial charge in [0.15, 0.2) is 0 Å². The zero-order valence-corrected chi connectivity index (χ0v) is 9.79. The Kier molecular flexibility index (Phi) is 3.11. The van der Waals surface area contributed by atoms with Crippen molar-refractivity contribution in [3.05, 3.63) is 34.9 Å². The first-order valence-electron chi connectivity index (χ1n) is 5.99. The van der Waals surface area contributed by atoms with Gasteiger partial charge in [-0.15, -0.1) is 0 Å². The van der Waals surface area contributed by atoms with Gasteiger partial charge in [0, 0.05) is 6.04 Å². The Balaban J connectivity index is 2.10. The van der Waals surface area contributed by atoms with Crippen molar-refractivity contribution in [1.82, 2.24) is 0 Å². The molecule has 1 aromatic rings. The summed E-state index contributed by atoms with van der Waals surface area (Å²) in [6.07, 6.45) is 4.97. The Bertz CT molecular complexity index is 341. The van der Waals surface area contributed by atoms with Gasteiger partial charge in [-0.25, -0.2) is 0 Å². The fourth-order valence-corrected chi connectivity index (χ4v) is 2.69. The molecule has 1 aliphatic rings. The molecule has 0 amide bonds. The first-order chi connectivity index (χ1) is 7.15. The fourth-order valence-electron chi connectivity index (χ4n) is 2.69. The van der Waals surface area contributed by atoms with Gasteiger partial charge >= 0.3 is 0 Å². The van der Waals surface area contributed by atoms with Gasteiger partial charge in [-0.3, -0.25) is 0 Å². The highest BCUT2D eigenvalue weighted by Crippen LogP contribution is 2.28. The summed E-state index contributed by atoms with van der Waals surface area (Å²) in [6, 6.07) is 7.23. The van der Waals surface area contributed by atoms with Gasteiger partial charge in [-0.1, -0.05) is 23.8 Å². The zero-order chi connectivity index (χ0) is 10.8. The van der Waals surface area contributed by atoms with Crippen LogP contribution < -0.4 is 5.73 Å². The van der Waals surface area contributed by atoms with Crippen LogP contribution in [0.15, 0.2) is 18.2 Å². The lowest BCUT2D eigenvalue weighted by Crippen LogP contribution is -2.23. The minimum Gasteiger partial charge on any atom is -0.328 e. The summed E-state index contributed by atoms with van der Waals surface area (Å²) < 4.78 is 0. The van der Waals surface area contributed by atoms with Crippen molar-refractivity contribution in [2.24, 2.45) is 11.7 Å². The number of benzene rings is 1. The number of rotatable bonds is 2. The number of hydrogen-bond acceptors (Lipinski definition) is 1. The van der Waals surface area contributed by atoms with Crippen molar-refractivity contribution in [3.8, 4) is 0 Å². The second-order valence-electron chi connectivity index (χ2n) is 5.09. The Morgan fingerprint density at radius 3 is 2.93 bits per heavy atom. The third-order valence-corrected chi connectivity index (χ3v) is 3.40. The minimum absolute atomic E-state index is 0.349. The third kappa shape index (κ3) is 2.60. The van der Waals surface area contributed by atoms with Crippen LogP contribution in [0.4, 0.5) is 0 Å². The molecule has 1 aliphatic carbocycles. The van der Waals surface area contributed by atoms with Crippen LogP contribution in [0.1, 0.15) is 36.5 Å². The highest BCUT2D eigenvalue weighted by Gasteiger charge is 2.19. The van der Waals surface area contributed by atoms with Crippen LogP contribution in [0.25, 0.3) is 0 Å². The van der Waals surface area contributed by atoms with Crippen LogP contribution in [0.5, 0.6) is 0 Å². The van der Waals surface area contributed by atoms with E-state index in [1.54, 1.807) is 11.1 Å². The van der Waals surface area contributed by atoms with Crippen LogP contribution >= 0.6 is 0 Å². The van der Waals surface area contributed by atoms with Gasteiger partial charge in [-0.05, 0) is 56.6 Å². The van der Waals surface area contributed by atoms with Crippen LogP contribution in [-0.2, 0) is 12.8 Å². The quantitative estimate of drug-likeness (QED) is 0.786. The maximum Gasteiger partial charge on any atom is 0.00132 e. The highest BCUT2D eigenvalue weighted by molar-refractivity contribution is 5.33. The molecule has 0 saturated heterocycles. The molecule has 0 fully saturated rings. The van der Waals surface area contributed by atoms with E-state index < -0.39 is 0 Å². The van der Waals surface area contributed by atoms with E-state index in [1.807, 2.05) is 0 Å². The molecule has 1 aromatic carbocycles. The van der Waals surface area contributed by atoms with Crippen molar-refractivity contribution < 1.29 is 0 Å². The van der Waals surface area contributed by atoms with E-state index in [4.69, 9.17) is 5.73 Å². The number of fused-ring (bicyclic) bond motifs is 1. The Morgan fingerprint density at radius 1 is 1.40 bits per heavy atom. The van der Waals surface area contributed by atoms with E-state index in [0.717, 1.165) is 5.92 Å². The summed E-state index contributed by atoms with van der Waals surface area (Å²) in [4.78, 5) is 0. The lowest BCUT2D eigenvalue weighted by atomic mass is 9.80. The maximum atomic E-state index is 5.87. The van der Waals surface area contributed by atoms with Crippen molar-refractivity contribution in [2.45, 2.75) is 45.6 Å². The highest BCUT2D eigenvalue weighted by atomic mass is 14.6. The normalized spacial score (nSPS) is 22.2. The van der Waals surface area contributed by atoms with Crippen LogP contribution in [0, 0.1) is 12.8 Å². The van der Waals surface area contributed by atoms with Crippen molar-refractivity contribution in [3.63, 3.8) is 0 Å². The first kappa shape index (κ1) is 10.7. The van der Waals surface area contributed by atoms with Gasteiger partial charge in [0.1, 0.15) is 0 Å². The van der Waals surface area contributed by atoms with E-state index >= 15 is 0 Å². The largest absolute Gasteiger partial charge is 0.328 e. The average Bonchev–Trinajstić information content (AvgIpc) is 2.17. The van der Waals surface area contributed by atoms with Gasteiger partial charge in [0.05, 0.1) is 0 Å². The molecule has 0 aromatic heterocycles. The summed E-state index contributed by atoms with van der Waals surface area (Å²) in [5.74, 6) is 0.806. The van der Waals surface area contributed by atoms with E-state index in [2.05, 4.69) is 32.0 Å². The molecule has 0 spiro atoms. The summed E-state index contributed by atoms with van der Waals surface area (Å²) in [5, 5.41) is 0. The molecule has 0 aliphatic heterocycles. The molecule has 15 heavy (non-hydrogen) atoms. The summed E-state index contributed by atoms with van der Waals surface area (Å²) in [5.41, 5.74) is 10.4. The molecule has 82 valence electrons. The van der Waals surface area contributed by atoms with Gasteiger partial charge in [0.25, 0.3) is 0 Å². The monoisotopic (exact) mass is 203 g/mol. The zero-order valence-electron chi connectivity index (χ0n) is 9.79. The molecular weight excluding hydrogens is 182 g/mol. The van der Waals surface area contributed by atoms with E-state index in [0.29, 0.717) is 6.04 Å². The molecule has 1 nitrogen and oxygen atoms in total. The molecule has 0 saturated carbocycles. The predicted octanol–water partition coefficient (Wildman–Crippen LogP) is 2.84. The lowest BCUT2D eigenvalue weighted by Gasteiger charge is -2.26. The fraction of sp³-hybridized carbons (Fsp3) is 0.571. The molecule has 0 radical (unpaired) electrons. The van der Waals surface area contributed by atoms with E-state index in [1.165, 1.54) is 31.2 Å². The van der Waals surface area contributed by atoms with Gasteiger partial charge < -0.3 is 5.73 Å². The second kappa shape index (κ2) is 4.36. The Labute approximate surface area is 92.7 Å². The molecule has 0 bridgehead atoms. The van der Waals surface area contributed by atoms with Crippen molar-refractivity contribution in [2.75, 3.05) is 0 Å². The maximum absolute atomic E-state index is 5.87. The molecule has 2 N–H and O–H groups in total. The SMILES string of the molecule is Cc1ccc2c(c1)CCC(CC(C)N)C2. The second-order valence-corrected chi connectivity index (χ2v) is 5.09.